The van der Waals surface area contributed by atoms with Crippen LogP contribution >= 0.6 is 24.6 Å². The summed E-state index contributed by atoms with van der Waals surface area (Å²) in [5.74, 6) is 0.231. The maximum absolute atomic E-state index is 9.96. The van der Waals surface area contributed by atoms with Gasteiger partial charge in [-0.25, -0.2) is 4.98 Å². The van der Waals surface area contributed by atoms with Crippen LogP contribution in [0, 0.1) is 6.92 Å². The molecule has 0 aliphatic carbocycles. The maximum Gasteiger partial charge on any atom is 0.219 e. The molecule has 0 saturated heterocycles. The van der Waals surface area contributed by atoms with Gasteiger partial charge in [-0.1, -0.05) is 0 Å². The Labute approximate surface area is 125 Å². The third-order valence-electron chi connectivity index (χ3n) is 2.42. The molecule has 5 N–H and O–H groups in total. The predicted octanol–water partition coefficient (Wildman–Crippen LogP) is -2.66. The molecule has 5 nitrogen and oxygen atoms in total. The van der Waals surface area contributed by atoms with Crippen LogP contribution in [0.3, 0.4) is 0 Å². The monoisotopic (exact) mass is 312 g/mol. The first-order valence-corrected chi connectivity index (χ1v) is 5.30. The Hall–Kier alpha value is -0.820. The lowest BCUT2D eigenvalue weighted by molar-refractivity contribution is -0.387. The van der Waals surface area contributed by atoms with E-state index in [2.05, 4.69) is 10.3 Å². The minimum absolute atomic E-state index is 0. The van der Waals surface area contributed by atoms with Gasteiger partial charge in [-0.3, -0.25) is 0 Å². The summed E-state index contributed by atoms with van der Waals surface area (Å²) in [7, 11) is 3.58. The molecule has 0 saturated carbocycles. The van der Waals surface area contributed by atoms with E-state index < -0.39 is 0 Å². The van der Waals surface area contributed by atoms with E-state index in [0.29, 0.717) is 12.2 Å². The standard InChI is InChI=1S/C10H16N4OS.2ClH/c1-6-9(15)7(4-12-2)8(5-13-6)14(3)10(11)16;;/h5,12,15H,4H2,1-3H3,(H2,11,16);2*1H. The Bertz CT molecular complexity index is 417. The van der Waals surface area contributed by atoms with Crippen LogP contribution in [0.2, 0.25) is 0 Å². The summed E-state index contributed by atoms with van der Waals surface area (Å²) in [6.45, 7) is 2.35. The van der Waals surface area contributed by atoms with Crippen molar-refractivity contribution in [3.05, 3.63) is 17.5 Å². The highest BCUT2D eigenvalue weighted by Gasteiger charge is 2.19. The molecule has 0 aromatic carbocycles. The van der Waals surface area contributed by atoms with Crippen molar-refractivity contribution >= 4 is 35.4 Å². The van der Waals surface area contributed by atoms with Gasteiger partial charge in [0.2, 0.25) is 5.69 Å². The minimum atomic E-state index is 0. The molecule has 1 rings (SSSR count). The predicted molar refractivity (Wildman–Crippen MR) is 74.6 cm³/mol. The minimum Gasteiger partial charge on any atom is -1.00 e. The SMILES string of the molecule is CNCc1c(N(C)C(N)=S)c[nH+]c(C)c1O.Cl.[Cl-]. The summed E-state index contributed by atoms with van der Waals surface area (Å²) in [6.07, 6.45) is 1.78. The number of nitrogens with one attached hydrogen (secondary N) is 2. The second-order valence-electron chi connectivity index (χ2n) is 3.55. The van der Waals surface area contributed by atoms with Crippen molar-refractivity contribution in [3.8, 4) is 5.75 Å². The summed E-state index contributed by atoms with van der Waals surface area (Å²) < 4.78 is 0. The van der Waals surface area contributed by atoms with Crippen LogP contribution in [0.5, 0.6) is 5.75 Å². The Morgan fingerprint density at radius 1 is 1.61 bits per heavy atom. The van der Waals surface area contributed by atoms with Crippen molar-refractivity contribution in [3.63, 3.8) is 0 Å². The van der Waals surface area contributed by atoms with Crippen LogP contribution < -0.4 is 33.3 Å². The Morgan fingerprint density at radius 2 is 2.17 bits per heavy atom. The highest BCUT2D eigenvalue weighted by atomic mass is 35.5. The molecular formula is C10H18Cl2N4OS. The van der Waals surface area contributed by atoms with Gasteiger partial charge < -0.3 is 33.5 Å². The smallest absolute Gasteiger partial charge is 0.219 e. The fraction of sp³-hybridized carbons (Fsp3) is 0.400. The molecule has 0 atom stereocenters. The molecule has 18 heavy (non-hydrogen) atoms. The van der Waals surface area contributed by atoms with E-state index in [0.717, 1.165) is 11.3 Å². The van der Waals surface area contributed by atoms with Crippen molar-refractivity contribution in [2.24, 2.45) is 5.73 Å². The molecule has 0 aliphatic heterocycles. The molecule has 1 aromatic heterocycles. The molecule has 104 valence electrons. The number of pyridine rings is 1. The molecule has 0 fully saturated rings. The number of nitrogens with zero attached hydrogens (tertiary/aromatic N) is 1. The van der Waals surface area contributed by atoms with Gasteiger partial charge >= 0.3 is 0 Å². The second-order valence-corrected chi connectivity index (χ2v) is 3.97. The Morgan fingerprint density at radius 3 is 2.61 bits per heavy atom. The van der Waals surface area contributed by atoms with E-state index in [-0.39, 0.29) is 35.7 Å². The average Bonchev–Trinajstić information content (AvgIpc) is 2.24. The van der Waals surface area contributed by atoms with Gasteiger partial charge in [0.25, 0.3) is 0 Å². The van der Waals surface area contributed by atoms with Crippen molar-refractivity contribution < 1.29 is 22.5 Å². The molecule has 8 heteroatoms. The second kappa shape index (κ2) is 8.31. The largest absolute Gasteiger partial charge is 1.00 e. The summed E-state index contributed by atoms with van der Waals surface area (Å²) in [4.78, 5) is 4.62. The average molecular weight is 313 g/mol. The van der Waals surface area contributed by atoms with Gasteiger partial charge in [0.05, 0.1) is 0 Å². The van der Waals surface area contributed by atoms with Crippen LogP contribution in [0.15, 0.2) is 6.20 Å². The molecule has 1 aromatic rings. The number of hydrogen-bond donors (Lipinski definition) is 3. The number of aryl methyl sites for hydroxylation is 1. The van der Waals surface area contributed by atoms with Crippen molar-refractivity contribution in [1.82, 2.24) is 5.32 Å². The normalized spacial score (nSPS) is 9.06. The molecule has 0 amide bonds. The number of H-pyrrole nitrogens is 1. The lowest BCUT2D eigenvalue weighted by Crippen LogP contribution is -3.00. The van der Waals surface area contributed by atoms with Crippen molar-refractivity contribution in [2.75, 3.05) is 19.0 Å². The molecule has 0 spiro atoms. The highest BCUT2D eigenvalue weighted by Crippen LogP contribution is 2.27. The molecule has 1 heterocycles. The third-order valence-corrected chi connectivity index (χ3v) is 2.69. The Kier molecular flexibility index (Phi) is 9.01. The highest BCUT2D eigenvalue weighted by molar-refractivity contribution is 7.80. The number of aromatic nitrogens is 1. The lowest BCUT2D eigenvalue weighted by Gasteiger charge is -2.19. The van der Waals surface area contributed by atoms with E-state index in [1.165, 1.54) is 0 Å². The Balaban J connectivity index is 0. The van der Waals surface area contributed by atoms with E-state index in [1.807, 2.05) is 7.05 Å². The van der Waals surface area contributed by atoms with Gasteiger partial charge in [0, 0.05) is 26.1 Å². The van der Waals surface area contributed by atoms with E-state index in [1.54, 1.807) is 25.1 Å². The molecular weight excluding hydrogens is 295 g/mol. The van der Waals surface area contributed by atoms with Crippen molar-refractivity contribution in [2.45, 2.75) is 13.5 Å². The maximum atomic E-state index is 9.96. The molecule has 0 unspecified atom stereocenters. The van der Waals surface area contributed by atoms with E-state index >= 15 is 0 Å². The zero-order valence-corrected chi connectivity index (χ0v) is 12.8. The fourth-order valence-corrected chi connectivity index (χ4v) is 1.55. The first kappa shape index (κ1) is 19.5. The van der Waals surface area contributed by atoms with E-state index in [4.69, 9.17) is 18.0 Å². The molecule has 0 radical (unpaired) electrons. The molecule has 0 bridgehead atoms. The zero-order valence-electron chi connectivity index (χ0n) is 10.5. The first-order valence-electron chi connectivity index (χ1n) is 4.90. The number of aromatic amines is 1. The van der Waals surface area contributed by atoms with Crippen molar-refractivity contribution in [1.29, 1.82) is 0 Å². The fourth-order valence-electron chi connectivity index (χ4n) is 1.45. The van der Waals surface area contributed by atoms with Crippen LogP contribution in [0.4, 0.5) is 5.69 Å². The van der Waals surface area contributed by atoms with E-state index in [9.17, 15) is 5.11 Å². The van der Waals surface area contributed by atoms with Crippen LogP contribution in [0.1, 0.15) is 11.3 Å². The summed E-state index contributed by atoms with van der Waals surface area (Å²) in [5.41, 5.74) is 7.82. The van der Waals surface area contributed by atoms with Gasteiger partial charge in [-0.15, -0.1) is 12.4 Å². The van der Waals surface area contributed by atoms with Crippen LogP contribution in [0.25, 0.3) is 0 Å². The first-order chi connectivity index (χ1) is 7.49. The number of hydrogen-bond acceptors (Lipinski definition) is 3. The number of halogens is 2. The van der Waals surface area contributed by atoms with Gasteiger partial charge in [0.15, 0.2) is 17.1 Å². The summed E-state index contributed by atoms with van der Waals surface area (Å²) in [6, 6.07) is 0. The quantitative estimate of drug-likeness (QED) is 0.531. The lowest BCUT2D eigenvalue weighted by atomic mass is 10.1. The topological polar surface area (TPSA) is 75.7 Å². The number of aromatic hydroxyl groups is 1. The van der Waals surface area contributed by atoms with Crippen LogP contribution in [-0.4, -0.2) is 24.3 Å². The van der Waals surface area contributed by atoms with Gasteiger partial charge in [-0.05, 0) is 19.3 Å². The number of nitrogens with two attached hydrogens (primary N) is 1. The zero-order chi connectivity index (χ0) is 12.3. The molecule has 0 aliphatic rings. The number of rotatable bonds is 3. The van der Waals surface area contributed by atoms with Gasteiger partial charge in [0.1, 0.15) is 5.69 Å². The third kappa shape index (κ3) is 4.13. The number of anilines is 1. The summed E-state index contributed by atoms with van der Waals surface area (Å²) in [5, 5.41) is 13.2. The van der Waals surface area contributed by atoms with Crippen LogP contribution in [-0.2, 0) is 6.54 Å². The number of thiocarbonyl (C=S) groups is 1. The van der Waals surface area contributed by atoms with Gasteiger partial charge in [-0.2, -0.15) is 0 Å². The summed E-state index contributed by atoms with van der Waals surface area (Å²) >= 11 is 4.91.